The minimum atomic E-state index is -0.0336. The number of nitrogens with one attached hydrogen (secondary N) is 2. The van der Waals surface area contributed by atoms with Crippen molar-refractivity contribution in [2.24, 2.45) is 0 Å². The number of hydrogen-bond donors (Lipinski definition) is 2. The van der Waals surface area contributed by atoms with Crippen molar-refractivity contribution in [2.45, 2.75) is 46.1 Å². The van der Waals surface area contributed by atoms with Gasteiger partial charge in [-0.2, -0.15) is 0 Å². The van der Waals surface area contributed by atoms with E-state index in [4.69, 9.17) is 4.74 Å². The maximum atomic E-state index is 12.4. The first-order chi connectivity index (χ1) is 15.2. The lowest BCUT2D eigenvalue weighted by Gasteiger charge is -2.14. The van der Waals surface area contributed by atoms with Gasteiger partial charge in [0.05, 0.1) is 5.69 Å². The van der Waals surface area contributed by atoms with Gasteiger partial charge in [-0.25, -0.2) is 0 Å². The number of unbranched alkanes of at least 4 members (excludes halogenated alkanes) is 2. The van der Waals surface area contributed by atoms with Crippen LogP contribution in [0.4, 0.5) is 11.4 Å². The van der Waals surface area contributed by atoms with Crippen LogP contribution >= 0.6 is 0 Å². The summed E-state index contributed by atoms with van der Waals surface area (Å²) < 4.78 is 5.90. The third kappa shape index (κ3) is 6.85. The molecule has 0 aliphatic rings. The SMILES string of the molecule is CCCCCNC(=O)c1cccc(Nc2ccc(OCc3ccccn3)cc2CC)c1. The van der Waals surface area contributed by atoms with Crippen LogP contribution < -0.4 is 15.4 Å². The van der Waals surface area contributed by atoms with E-state index in [0.29, 0.717) is 18.7 Å². The molecule has 0 saturated carbocycles. The van der Waals surface area contributed by atoms with Crippen LogP contribution in [0.2, 0.25) is 0 Å². The number of hydrogen-bond acceptors (Lipinski definition) is 4. The van der Waals surface area contributed by atoms with Crippen molar-refractivity contribution in [1.82, 2.24) is 10.3 Å². The number of pyridine rings is 1. The number of amides is 1. The lowest BCUT2D eigenvalue weighted by atomic mass is 10.1. The Hall–Kier alpha value is -3.34. The first-order valence-corrected chi connectivity index (χ1v) is 11.0. The lowest BCUT2D eigenvalue weighted by Crippen LogP contribution is -2.24. The molecule has 0 fully saturated rings. The van der Waals surface area contributed by atoms with E-state index in [2.05, 4.69) is 35.5 Å². The molecule has 0 bridgehead atoms. The van der Waals surface area contributed by atoms with Gasteiger partial charge in [-0.3, -0.25) is 9.78 Å². The van der Waals surface area contributed by atoms with E-state index >= 15 is 0 Å². The Kier molecular flexibility index (Phi) is 8.47. The molecule has 0 radical (unpaired) electrons. The molecule has 0 spiro atoms. The average Bonchev–Trinajstić information content (AvgIpc) is 2.82. The van der Waals surface area contributed by atoms with Crippen LogP contribution in [0.1, 0.15) is 54.7 Å². The van der Waals surface area contributed by atoms with Gasteiger partial charge in [0.15, 0.2) is 0 Å². The van der Waals surface area contributed by atoms with E-state index in [1.807, 2.05) is 54.6 Å². The minimum Gasteiger partial charge on any atom is -0.487 e. The molecular weight excluding hydrogens is 386 g/mol. The van der Waals surface area contributed by atoms with Crippen molar-refractivity contribution >= 4 is 17.3 Å². The van der Waals surface area contributed by atoms with E-state index in [0.717, 1.165) is 54.1 Å². The number of aryl methyl sites for hydroxylation is 1. The number of ether oxygens (including phenoxy) is 1. The van der Waals surface area contributed by atoms with Crippen molar-refractivity contribution in [3.63, 3.8) is 0 Å². The Morgan fingerprint density at radius 1 is 1.00 bits per heavy atom. The van der Waals surface area contributed by atoms with Crippen molar-refractivity contribution in [3.05, 3.63) is 83.7 Å². The van der Waals surface area contributed by atoms with E-state index in [-0.39, 0.29) is 5.91 Å². The second-order valence-corrected chi connectivity index (χ2v) is 7.45. The second kappa shape index (κ2) is 11.7. The molecule has 5 nitrogen and oxygen atoms in total. The molecule has 2 aromatic carbocycles. The van der Waals surface area contributed by atoms with Crippen LogP contribution in [-0.4, -0.2) is 17.4 Å². The number of benzene rings is 2. The molecule has 1 heterocycles. The molecule has 3 aromatic rings. The molecular formula is C26H31N3O2. The van der Waals surface area contributed by atoms with E-state index < -0.39 is 0 Å². The molecule has 0 saturated heterocycles. The minimum absolute atomic E-state index is 0.0336. The van der Waals surface area contributed by atoms with Gasteiger partial charge in [0.1, 0.15) is 12.4 Å². The molecule has 5 heteroatoms. The number of carbonyl (C=O) groups is 1. The lowest BCUT2D eigenvalue weighted by molar-refractivity contribution is 0.0953. The molecule has 0 unspecified atom stereocenters. The van der Waals surface area contributed by atoms with Gasteiger partial charge in [-0.1, -0.05) is 38.8 Å². The number of aromatic nitrogens is 1. The van der Waals surface area contributed by atoms with Gasteiger partial charge < -0.3 is 15.4 Å². The smallest absolute Gasteiger partial charge is 0.251 e. The Morgan fingerprint density at radius 2 is 1.90 bits per heavy atom. The summed E-state index contributed by atoms with van der Waals surface area (Å²) in [6.07, 6.45) is 5.91. The summed E-state index contributed by atoms with van der Waals surface area (Å²) in [7, 11) is 0. The van der Waals surface area contributed by atoms with E-state index in [1.54, 1.807) is 6.20 Å². The standard InChI is InChI=1S/C26H31N3O2/c1-3-5-7-16-28-26(30)21-10-9-12-22(17-21)29-25-14-13-24(18-20(25)4-2)31-19-23-11-6-8-15-27-23/h6,8-15,17-18,29H,3-5,7,16,19H2,1-2H3,(H,28,30). The Balaban J connectivity index is 1.64. The fourth-order valence-corrected chi connectivity index (χ4v) is 3.29. The fourth-order valence-electron chi connectivity index (χ4n) is 3.29. The van der Waals surface area contributed by atoms with Gasteiger partial charge in [0.25, 0.3) is 5.91 Å². The Bertz CT molecular complexity index is 973. The van der Waals surface area contributed by atoms with Gasteiger partial charge in [0, 0.05) is 29.7 Å². The van der Waals surface area contributed by atoms with Gasteiger partial charge in [-0.05, 0) is 66.9 Å². The van der Waals surface area contributed by atoms with Crippen molar-refractivity contribution in [2.75, 3.05) is 11.9 Å². The molecule has 0 aliphatic heterocycles. The van der Waals surface area contributed by atoms with Gasteiger partial charge >= 0.3 is 0 Å². The molecule has 0 atom stereocenters. The van der Waals surface area contributed by atoms with Gasteiger partial charge in [0.2, 0.25) is 0 Å². The summed E-state index contributed by atoms with van der Waals surface area (Å²) in [5, 5.41) is 6.44. The fraction of sp³-hybridized carbons (Fsp3) is 0.308. The highest BCUT2D eigenvalue weighted by Crippen LogP contribution is 2.27. The summed E-state index contributed by atoms with van der Waals surface area (Å²) in [4.78, 5) is 16.7. The predicted molar refractivity (Wildman–Crippen MR) is 126 cm³/mol. The van der Waals surface area contributed by atoms with Crippen LogP contribution in [-0.2, 0) is 13.0 Å². The number of carbonyl (C=O) groups excluding carboxylic acids is 1. The summed E-state index contributed by atoms with van der Waals surface area (Å²) in [6, 6.07) is 19.4. The largest absolute Gasteiger partial charge is 0.487 e. The quantitative estimate of drug-likeness (QED) is 0.382. The van der Waals surface area contributed by atoms with Crippen LogP contribution in [0.5, 0.6) is 5.75 Å². The normalized spacial score (nSPS) is 10.5. The van der Waals surface area contributed by atoms with Crippen LogP contribution in [0.25, 0.3) is 0 Å². The second-order valence-electron chi connectivity index (χ2n) is 7.45. The van der Waals surface area contributed by atoms with Crippen LogP contribution in [0, 0.1) is 0 Å². The number of nitrogens with zero attached hydrogens (tertiary/aromatic N) is 1. The van der Waals surface area contributed by atoms with Gasteiger partial charge in [-0.15, -0.1) is 0 Å². The third-order valence-corrected chi connectivity index (χ3v) is 5.04. The monoisotopic (exact) mass is 417 g/mol. The summed E-state index contributed by atoms with van der Waals surface area (Å²) in [5.74, 6) is 0.780. The Labute approximate surface area is 184 Å². The van der Waals surface area contributed by atoms with Crippen molar-refractivity contribution in [1.29, 1.82) is 0 Å². The van der Waals surface area contributed by atoms with E-state index in [9.17, 15) is 4.79 Å². The highest BCUT2D eigenvalue weighted by Gasteiger charge is 2.08. The molecule has 0 aliphatic carbocycles. The summed E-state index contributed by atoms with van der Waals surface area (Å²) >= 11 is 0. The summed E-state index contributed by atoms with van der Waals surface area (Å²) in [6.45, 7) is 5.42. The zero-order valence-corrected chi connectivity index (χ0v) is 18.4. The zero-order valence-electron chi connectivity index (χ0n) is 18.4. The summed E-state index contributed by atoms with van der Waals surface area (Å²) in [5.41, 5.74) is 4.60. The highest BCUT2D eigenvalue weighted by molar-refractivity contribution is 5.95. The number of anilines is 2. The van der Waals surface area contributed by atoms with Crippen LogP contribution in [0.3, 0.4) is 0 Å². The maximum absolute atomic E-state index is 12.4. The number of rotatable bonds is 11. The topological polar surface area (TPSA) is 63.2 Å². The molecule has 1 amide bonds. The van der Waals surface area contributed by atoms with E-state index in [1.165, 1.54) is 0 Å². The molecule has 2 N–H and O–H groups in total. The highest BCUT2D eigenvalue weighted by atomic mass is 16.5. The molecule has 31 heavy (non-hydrogen) atoms. The van der Waals surface area contributed by atoms with Crippen LogP contribution in [0.15, 0.2) is 66.9 Å². The molecule has 1 aromatic heterocycles. The maximum Gasteiger partial charge on any atom is 0.251 e. The van der Waals surface area contributed by atoms with Crippen molar-refractivity contribution < 1.29 is 9.53 Å². The molecule has 3 rings (SSSR count). The van der Waals surface area contributed by atoms with Crippen molar-refractivity contribution in [3.8, 4) is 5.75 Å². The first kappa shape index (κ1) is 22.3. The average molecular weight is 418 g/mol. The molecule has 162 valence electrons. The first-order valence-electron chi connectivity index (χ1n) is 11.0. The third-order valence-electron chi connectivity index (χ3n) is 5.04. The zero-order chi connectivity index (χ0) is 21.9. The predicted octanol–water partition coefficient (Wildman–Crippen LogP) is 5.89. The Morgan fingerprint density at radius 3 is 2.68 bits per heavy atom.